The zero-order chi connectivity index (χ0) is 11.2. The van der Waals surface area contributed by atoms with Gasteiger partial charge in [-0.2, -0.15) is 11.8 Å². The molecule has 0 aromatic heterocycles. The number of hydrogen-bond donors (Lipinski definition) is 1. The van der Waals surface area contributed by atoms with E-state index in [4.69, 9.17) is 4.74 Å². The molecule has 16 heavy (non-hydrogen) atoms. The molecule has 1 aliphatic heterocycles. The highest BCUT2D eigenvalue weighted by Crippen LogP contribution is 2.31. The van der Waals surface area contributed by atoms with E-state index in [9.17, 15) is 0 Å². The molecule has 0 aromatic carbocycles. The van der Waals surface area contributed by atoms with E-state index in [2.05, 4.69) is 24.1 Å². The lowest BCUT2D eigenvalue weighted by Crippen LogP contribution is -2.29. The Kier molecular flexibility index (Phi) is 5.46. The Bertz CT molecular complexity index is 194. The Morgan fingerprint density at radius 3 is 2.75 bits per heavy atom. The van der Waals surface area contributed by atoms with Crippen molar-refractivity contribution in [3.05, 3.63) is 0 Å². The van der Waals surface area contributed by atoms with Crippen molar-refractivity contribution in [3.63, 3.8) is 0 Å². The van der Waals surface area contributed by atoms with Gasteiger partial charge in [0.15, 0.2) is 0 Å². The summed E-state index contributed by atoms with van der Waals surface area (Å²) in [5, 5.41) is 4.35. The molecule has 0 amide bonds. The Labute approximate surface area is 104 Å². The van der Waals surface area contributed by atoms with Crippen LogP contribution >= 0.6 is 11.8 Å². The van der Waals surface area contributed by atoms with E-state index in [-0.39, 0.29) is 0 Å². The Morgan fingerprint density at radius 1 is 1.19 bits per heavy atom. The van der Waals surface area contributed by atoms with E-state index in [1.165, 1.54) is 44.3 Å². The van der Waals surface area contributed by atoms with Crippen LogP contribution in [0, 0.1) is 5.92 Å². The molecule has 94 valence electrons. The zero-order valence-electron chi connectivity index (χ0n) is 10.4. The van der Waals surface area contributed by atoms with E-state index in [1.807, 2.05) is 0 Å². The van der Waals surface area contributed by atoms with E-state index in [1.54, 1.807) is 0 Å². The molecule has 2 nitrogen and oxygen atoms in total. The Hall–Kier alpha value is 0.270. The third-order valence-corrected chi connectivity index (χ3v) is 5.45. The molecular weight excluding hydrogens is 218 g/mol. The second-order valence-corrected chi connectivity index (χ2v) is 6.47. The lowest BCUT2D eigenvalue weighted by atomic mass is 10.0. The molecule has 0 spiro atoms. The summed E-state index contributed by atoms with van der Waals surface area (Å²) in [5.74, 6) is 2.30. The number of rotatable bonds is 5. The van der Waals surface area contributed by atoms with Gasteiger partial charge in [-0.1, -0.05) is 6.42 Å². The minimum absolute atomic E-state index is 0.801. The van der Waals surface area contributed by atoms with Gasteiger partial charge in [0.05, 0.1) is 0 Å². The molecule has 2 rings (SSSR count). The van der Waals surface area contributed by atoms with Gasteiger partial charge in [0.1, 0.15) is 0 Å². The Morgan fingerprint density at radius 2 is 2.00 bits per heavy atom. The summed E-state index contributed by atoms with van der Waals surface area (Å²) in [7, 11) is 2.12. The van der Waals surface area contributed by atoms with Crippen molar-refractivity contribution < 1.29 is 4.74 Å². The van der Waals surface area contributed by atoms with Crippen LogP contribution in [0.15, 0.2) is 0 Å². The average Bonchev–Trinajstić information content (AvgIpc) is 2.78. The minimum Gasteiger partial charge on any atom is -0.381 e. The second-order valence-electron chi connectivity index (χ2n) is 5.06. The smallest absolute Gasteiger partial charge is 0.0476 e. The number of thioether (sulfide) groups is 1. The molecule has 2 fully saturated rings. The van der Waals surface area contributed by atoms with Crippen LogP contribution in [0.3, 0.4) is 0 Å². The molecule has 1 heterocycles. The van der Waals surface area contributed by atoms with Crippen molar-refractivity contribution in [1.82, 2.24) is 5.32 Å². The predicted octanol–water partition coefficient (Wildman–Crippen LogP) is 2.68. The van der Waals surface area contributed by atoms with Gasteiger partial charge in [-0.15, -0.1) is 0 Å². The molecule has 3 heteroatoms. The highest BCUT2D eigenvalue weighted by Gasteiger charge is 2.25. The quantitative estimate of drug-likeness (QED) is 0.802. The third kappa shape index (κ3) is 3.64. The molecular formula is C13H25NOS. The Balaban J connectivity index is 1.59. The standard InChI is InChI=1S/C13H25NOS/c1-14-13-4-2-3-11(13)7-10-16-12-5-8-15-9-6-12/h11-14H,2-10H2,1H3. The summed E-state index contributed by atoms with van der Waals surface area (Å²) in [6, 6.07) is 0.801. The van der Waals surface area contributed by atoms with Crippen molar-refractivity contribution in [2.75, 3.05) is 26.0 Å². The van der Waals surface area contributed by atoms with Crippen LogP contribution in [-0.4, -0.2) is 37.3 Å². The van der Waals surface area contributed by atoms with Gasteiger partial charge in [0.2, 0.25) is 0 Å². The minimum atomic E-state index is 0.801. The summed E-state index contributed by atoms with van der Waals surface area (Å²) in [5.41, 5.74) is 0. The first-order chi connectivity index (χ1) is 7.90. The fourth-order valence-electron chi connectivity index (χ4n) is 2.99. The van der Waals surface area contributed by atoms with Gasteiger partial charge in [0.25, 0.3) is 0 Å². The summed E-state index contributed by atoms with van der Waals surface area (Å²) < 4.78 is 5.39. The molecule has 1 saturated heterocycles. The summed E-state index contributed by atoms with van der Waals surface area (Å²) in [6.07, 6.45) is 8.21. The van der Waals surface area contributed by atoms with Gasteiger partial charge in [-0.3, -0.25) is 0 Å². The van der Waals surface area contributed by atoms with Crippen LogP contribution in [0.25, 0.3) is 0 Å². The molecule has 2 unspecified atom stereocenters. The normalized spacial score (nSPS) is 32.1. The van der Waals surface area contributed by atoms with Gasteiger partial charge >= 0.3 is 0 Å². The molecule has 2 atom stereocenters. The van der Waals surface area contributed by atoms with Crippen LogP contribution in [0.4, 0.5) is 0 Å². The largest absolute Gasteiger partial charge is 0.381 e. The van der Waals surface area contributed by atoms with Crippen molar-refractivity contribution in [1.29, 1.82) is 0 Å². The van der Waals surface area contributed by atoms with E-state index >= 15 is 0 Å². The van der Waals surface area contributed by atoms with Crippen molar-refractivity contribution in [3.8, 4) is 0 Å². The number of hydrogen-bond acceptors (Lipinski definition) is 3. The van der Waals surface area contributed by atoms with Gasteiger partial charge in [-0.05, 0) is 50.8 Å². The molecule has 0 aromatic rings. The molecule has 1 N–H and O–H groups in total. The molecule has 0 radical (unpaired) electrons. The average molecular weight is 243 g/mol. The zero-order valence-corrected chi connectivity index (χ0v) is 11.2. The fourth-order valence-corrected chi connectivity index (χ4v) is 4.29. The monoisotopic (exact) mass is 243 g/mol. The topological polar surface area (TPSA) is 21.3 Å². The van der Waals surface area contributed by atoms with Crippen LogP contribution in [0.2, 0.25) is 0 Å². The van der Waals surface area contributed by atoms with Gasteiger partial charge in [0, 0.05) is 24.5 Å². The van der Waals surface area contributed by atoms with Crippen molar-refractivity contribution in [2.45, 2.75) is 49.8 Å². The van der Waals surface area contributed by atoms with Crippen LogP contribution in [-0.2, 0) is 4.74 Å². The fraction of sp³-hybridized carbons (Fsp3) is 1.00. The molecule has 1 aliphatic carbocycles. The van der Waals surface area contributed by atoms with Crippen LogP contribution < -0.4 is 5.32 Å². The van der Waals surface area contributed by atoms with Gasteiger partial charge < -0.3 is 10.1 Å². The third-order valence-electron chi connectivity index (χ3n) is 4.04. The van der Waals surface area contributed by atoms with Crippen LogP contribution in [0.5, 0.6) is 0 Å². The van der Waals surface area contributed by atoms with Gasteiger partial charge in [-0.25, -0.2) is 0 Å². The molecule has 1 saturated carbocycles. The summed E-state index contributed by atoms with van der Waals surface area (Å²) in [6.45, 7) is 1.97. The maximum absolute atomic E-state index is 5.39. The first-order valence-electron chi connectivity index (χ1n) is 6.76. The predicted molar refractivity (Wildman–Crippen MR) is 71.1 cm³/mol. The number of nitrogens with one attached hydrogen (secondary N) is 1. The van der Waals surface area contributed by atoms with Crippen molar-refractivity contribution in [2.24, 2.45) is 5.92 Å². The van der Waals surface area contributed by atoms with Crippen molar-refractivity contribution >= 4 is 11.8 Å². The second kappa shape index (κ2) is 6.87. The maximum Gasteiger partial charge on any atom is 0.0476 e. The number of ether oxygens (including phenoxy) is 1. The first kappa shape index (κ1) is 12.7. The maximum atomic E-state index is 5.39. The highest BCUT2D eigenvalue weighted by atomic mass is 32.2. The molecule has 0 bridgehead atoms. The van der Waals surface area contributed by atoms with Crippen LogP contribution in [0.1, 0.15) is 38.5 Å². The van der Waals surface area contributed by atoms with E-state index < -0.39 is 0 Å². The highest BCUT2D eigenvalue weighted by molar-refractivity contribution is 7.99. The summed E-state index contributed by atoms with van der Waals surface area (Å²) >= 11 is 2.19. The first-order valence-corrected chi connectivity index (χ1v) is 7.81. The molecule has 2 aliphatic rings. The lowest BCUT2D eigenvalue weighted by Gasteiger charge is -2.23. The van der Waals surface area contributed by atoms with E-state index in [0.717, 1.165) is 30.4 Å². The summed E-state index contributed by atoms with van der Waals surface area (Å²) in [4.78, 5) is 0. The SMILES string of the molecule is CNC1CCCC1CCSC1CCOCC1. The van der Waals surface area contributed by atoms with E-state index in [0.29, 0.717) is 0 Å². The lowest BCUT2D eigenvalue weighted by molar-refractivity contribution is 0.1000.